The molecule has 6 heteroatoms. The molecule has 0 aliphatic heterocycles. The van der Waals surface area contributed by atoms with Crippen molar-refractivity contribution < 1.29 is 0 Å². The van der Waals surface area contributed by atoms with Crippen molar-refractivity contribution in [1.29, 1.82) is 0 Å². The molecule has 0 N–H and O–H groups in total. The van der Waals surface area contributed by atoms with Crippen LogP contribution in [-0.4, -0.2) is 19.3 Å². The summed E-state index contributed by atoms with van der Waals surface area (Å²) in [6, 6.07) is 0. The fraction of sp³-hybridized carbons (Fsp3) is 0.375. The van der Waals surface area contributed by atoms with E-state index in [9.17, 15) is 4.79 Å². The van der Waals surface area contributed by atoms with E-state index in [1.807, 2.05) is 6.92 Å². The van der Waals surface area contributed by atoms with Crippen LogP contribution in [-0.2, 0) is 13.6 Å². The summed E-state index contributed by atoms with van der Waals surface area (Å²) in [6.07, 6.45) is 3.29. The van der Waals surface area contributed by atoms with Gasteiger partial charge in [0.25, 0.3) is 0 Å². The van der Waals surface area contributed by atoms with E-state index in [0.29, 0.717) is 6.54 Å². The zero-order valence-electron chi connectivity index (χ0n) is 7.97. The summed E-state index contributed by atoms with van der Waals surface area (Å²) < 4.78 is 2.88. The first-order valence-corrected chi connectivity index (χ1v) is 4.98. The van der Waals surface area contributed by atoms with Crippen molar-refractivity contribution in [3.05, 3.63) is 32.9 Å². The second kappa shape index (κ2) is 3.38. The number of thiazole rings is 1. The Bertz CT molecular complexity index is 495. The lowest BCUT2D eigenvalue weighted by atomic mass is 10.5. The van der Waals surface area contributed by atoms with E-state index in [4.69, 9.17) is 0 Å². The van der Waals surface area contributed by atoms with E-state index in [-0.39, 0.29) is 5.69 Å². The molecule has 0 fully saturated rings. The molecule has 2 heterocycles. The molecule has 2 rings (SSSR count). The Morgan fingerprint density at radius 2 is 2.36 bits per heavy atom. The molecule has 0 spiro atoms. The van der Waals surface area contributed by atoms with Gasteiger partial charge in [0.05, 0.1) is 11.6 Å². The van der Waals surface area contributed by atoms with Crippen LogP contribution < -0.4 is 5.69 Å². The van der Waals surface area contributed by atoms with Crippen LogP contribution in [0.15, 0.2) is 17.3 Å². The summed E-state index contributed by atoms with van der Waals surface area (Å²) in [5.74, 6) is 0. The molecule has 0 aliphatic rings. The van der Waals surface area contributed by atoms with Crippen molar-refractivity contribution in [2.75, 3.05) is 0 Å². The zero-order chi connectivity index (χ0) is 10.1. The van der Waals surface area contributed by atoms with E-state index >= 15 is 0 Å². The Labute approximate surface area is 84.6 Å². The van der Waals surface area contributed by atoms with Crippen LogP contribution in [0.5, 0.6) is 0 Å². The van der Waals surface area contributed by atoms with Crippen LogP contribution in [0.4, 0.5) is 0 Å². The average molecular weight is 210 g/mol. The summed E-state index contributed by atoms with van der Waals surface area (Å²) in [6.45, 7) is 2.44. The third-order valence-electron chi connectivity index (χ3n) is 1.86. The number of hydrogen-bond donors (Lipinski definition) is 0. The molecular weight excluding hydrogens is 200 g/mol. The van der Waals surface area contributed by atoms with Crippen LogP contribution >= 0.6 is 11.3 Å². The molecule has 0 saturated heterocycles. The smallest absolute Gasteiger partial charge is 0.285 e. The van der Waals surface area contributed by atoms with E-state index in [1.165, 1.54) is 15.6 Å². The Kier molecular flexibility index (Phi) is 2.20. The number of rotatable bonds is 2. The lowest BCUT2D eigenvalue weighted by Gasteiger charge is -1.93. The fourth-order valence-electron chi connectivity index (χ4n) is 1.16. The highest BCUT2D eigenvalue weighted by Crippen LogP contribution is 2.11. The predicted molar refractivity (Wildman–Crippen MR) is 53.4 cm³/mol. The number of aromatic nitrogens is 4. The summed E-state index contributed by atoms with van der Waals surface area (Å²) in [4.78, 5) is 16.6. The minimum Gasteiger partial charge on any atom is -0.285 e. The molecule has 5 nitrogen and oxygen atoms in total. The number of aryl methyl sites for hydroxylation is 2. The normalized spacial score (nSPS) is 10.7. The molecule has 0 aromatic carbocycles. The lowest BCUT2D eigenvalue weighted by molar-refractivity contribution is 0.652. The third-order valence-corrected chi connectivity index (χ3v) is 2.76. The summed E-state index contributed by atoms with van der Waals surface area (Å²) >= 11 is 1.58. The minimum absolute atomic E-state index is 0.101. The van der Waals surface area contributed by atoms with Crippen molar-refractivity contribution in [2.45, 2.75) is 13.5 Å². The van der Waals surface area contributed by atoms with Crippen molar-refractivity contribution in [1.82, 2.24) is 19.3 Å². The molecule has 0 aliphatic carbocycles. The summed E-state index contributed by atoms with van der Waals surface area (Å²) in [7, 11) is 1.68. The maximum atomic E-state index is 11.4. The second-order valence-corrected chi connectivity index (χ2v) is 4.35. The molecule has 74 valence electrons. The van der Waals surface area contributed by atoms with Gasteiger partial charge in [-0.3, -0.25) is 4.57 Å². The zero-order valence-corrected chi connectivity index (χ0v) is 8.78. The molecule has 0 atom stereocenters. The highest BCUT2D eigenvalue weighted by atomic mass is 32.1. The molecule has 0 amide bonds. The van der Waals surface area contributed by atoms with Crippen LogP contribution in [0.25, 0.3) is 0 Å². The van der Waals surface area contributed by atoms with Gasteiger partial charge in [-0.1, -0.05) is 0 Å². The molecule has 0 radical (unpaired) electrons. The van der Waals surface area contributed by atoms with E-state index in [0.717, 1.165) is 9.88 Å². The Hall–Kier alpha value is -1.43. The van der Waals surface area contributed by atoms with Gasteiger partial charge in [0.1, 0.15) is 6.33 Å². The highest BCUT2D eigenvalue weighted by molar-refractivity contribution is 7.11. The van der Waals surface area contributed by atoms with Crippen LogP contribution in [0.2, 0.25) is 0 Å². The first-order chi connectivity index (χ1) is 6.66. The minimum atomic E-state index is -0.101. The van der Waals surface area contributed by atoms with Gasteiger partial charge in [-0.2, -0.15) is 5.10 Å². The van der Waals surface area contributed by atoms with Gasteiger partial charge < -0.3 is 0 Å². The molecule has 0 unspecified atom stereocenters. The van der Waals surface area contributed by atoms with Gasteiger partial charge in [0.15, 0.2) is 0 Å². The fourth-order valence-corrected chi connectivity index (χ4v) is 1.93. The van der Waals surface area contributed by atoms with E-state index in [2.05, 4.69) is 10.1 Å². The largest absolute Gasteiger partial charge is 0.345 e. The Balaban J connectivity index is 2.27. The lowest BCUT2D eigenvalue weighted by Crippen LogP contribution is -2.23. The second-order valence-electron chi connectivity index (χ2n) is 3.03. The molecular formula is C8H10N4OS. The maximum absolute atomic E-state index is 11.4. The maximum Gasteiger partial charge on any atom is 0.345 e. The Morgan fingerprint density at radius 1 is 1.57 bits per heavy atom. The first-order valence-electron chi connectivity index (χ1n) is 4.16. The monoisotopic (exact) mass is 210 g/mol. The number of nitrogens with zero attached hydrogens (tertiary/aromatic N) is 4. The average Bonchev–Trinajstić information content (AvgIpc) is 2.67. The molecule has 2 aromatic rings. The predicted octanol–water partition coefficient (Wildman–Crippen LogP) is 0.395. The van der Waals surface area contributed by atoms with Gasteiger partial charge in [-0.05, 0) is 6.92 Å². The standard InChI is InChI=1S/C8H10N4OS/c1-6-9-3-7(14-6)4-12-8(13)11(2)5-10-12/h3,5H,4H2,1-2H3. The molecule has 0 bridgehead atoms. The first kappa shape index (κ1) is 9.14. The van der Waals surface area contributed by atoms with Gasteiger partial charge in [-0.15, -0.1) is 11.3 Å². The molecule has 0 saturated carbocycles. The van der Waals surface area contributed by atoms with Crippen LogP contribution in [0, 0.1) is 6.92 Å². The third kappa shape index (κ3) is 1.60. The van der Waals surface area contributed by atoms with Gasteiger partial charge in [-0.25, -0.2) is 14.5 Å². The number of hydrogen-bond acceptors (Lipinski definition) is 4. The highest BCUT2D eigenvalue weighted by Gasteiger charge is 2.04. The SMILES string of the molecule is Cc1ncc(Cn2ncn(C)c2=O)s1. The van der Waals surface area contributed by atoms with Crippen molar-refractivity contribution in [2.24, 2.45) is 7.05 Å². The summed E-state index contributed by atoms with van der Waals surface area (Å²) in [5.41, 5.74) is -0.101. The Morgan fingerprint density at radius 3 is 2.86 bits per heavy atom. The van der Waals surface area contributed by atoms with Crippen LogP contribution in [0.1, 0.15) is 9.88 Å². The van der Waals surface area contributed by atoms with Crippen molar-refractivity contribution >= 4 is 11.3 Å². The van der Waals surface area contributed by atoms with Crippen molar-refractivity contribution in [3.8, 4) is 0 Å². The quantitative estimate of drug-likeness (QED) is 0.720. The van der Waals surface area contributed by atoms with Gasteiger partial charge in [0, 0.05) is 18.1 Å². The van der Waals surface area contributed by atoms with E-state index < -0.39 is 0 Å². The van der Waals surface area contributed by atoms with E-state index in [1.54, 1.807) is 24.6 Å². The van der Waals surface area contributed by atoms with Gasteiger partial charge >= 0.3 is 5.69 Å². The summed E-state index contributed by atoms with van der Waals surface area (Å²) in [5, 5.41) is 4.97. The van der Waals surface area contributed by atoms with Crippen molar-refractivity contribution in [3.63, 3.8) is 0 Å². The van der Waals surface area contributed by atoms with Gasteiger partial charge in [0.2, 0.25) is 0 Å². The molecule has 14 heavy (non-hydrogen) atoms. The molecule has 2 aromatic heterocycles. The van der Waals surface area contributed by atoms with Crippen LogP contribution in [0.3, 0.4) is 0 Å². The topological polar surface area (TPSA) is 52.7 Å².